The molecule has 0 spiro atoms. The second kappa shape index (κ2) is 19.2. The van der Waals surface area contributed by atoms with E-state index in [1.165, 1.54) is 77.0 Å². The summed E-state index contributed by atoms with van der Waals surface area (Å²) in [7, 11) is -4.39. The Bertz CT molecular complexity index is 1100. The van der Waals surface area contributed by atoms with Gasteiger partial charge in [0.1, 0.15) is 17.2 Å². The maximum Gasteiger partial charge on any atom is 0.584 e. The van der Waals surface area contributed by atoms with Crippen LogP contribution in [0.25, 0.3) is 0 Å². The number of rotatable bonds is 22. The molecule has 0 radical (unpaired) electrons. The third-order valence-corrected chi connectivity index (χ3v) is 8.98. The molecule has 1 N–H and O–H groups in total. The van der Waals surface area contributed by atoms with Crippen molar-refractivity contribution < 1.29 is 23.2 Å². The van der Waals surface area contributed by atoms with Crippen LogP contribution in [-0.2, 0) is 11.1 Å². The highest BCUT2D eigenvalue weighted by molar-refractivity contribution is 8.02. The van der Waals surface area contributed by atoms with Gasteiger partial charge < -0.3 is 18.7 Å². The smallest absolute Gasteiger partial charge is 0.493 e. The van der Waals surface area contributed by atoms with Crippen LogP contribution in [0.5, 0.6) is 17.2 Å². The van der Waals surface area contributed by atoms with E-state index in [9.17, 15) is 9.46 Å². The first kappa shape index (κ1) is 33.4. The lowest BCUT2D eigenvalue weighted by molar-refractivity contribution is 0.285. The highest BCUT2D eigenvalue weighted by Gasteiger charge is 2.27. The van der Waals surface area contributed by atoms with Crippen molar-refractivity contribution in [1.82, 2.24) is 4.90 Å². The molecule has 0 saturated heterocycles. The summed E-state index contributed by atoms with van der Waals surface area (Å²) in [5, 5.41) is 2.05. The van der Waals surface area contributed by atoms with Gasteiger partial charge in [-0.15, -0.1) is 11.8 Å². The van der Waals surface area contributed by atoms with E-state index in [2.05, 4.69) is 17.2 Å². The molecular formula is C33H50NO5PS. The van der Waals surface area contributed by atoms with Gasteiger partial charge in [0.2, 0.25) is 0 Å². The standard InChI is InChI=1S/C33H50NO5PS/c1-3-4-5-6-7-8-9-10-11-12-13-14-15-16-24-37-32-21-18-22-33(29(32)2)39-40(35,36)38-31-20-17-19-30(26-31)27-34-23-25-41-28-34/h17-23,25-26H,3-16,24,27-28H2,1-2H3,(H,35,36). The van der Waals surface area contributed by atoms with Gasteiger partial charge in [0.25, 0.3) is 0 Å². The summed E-state index contributed by atoms with van der Waals surface area (Å²) in [6.07, 6.45) is 20.5. The van der Waals surface area contributed by atoms with Crippen molar-refractivity contribution in [2.24, 2.45) is 0 Å². The van der Waals surface area contributed by atoms with E-state index < -0.39 is 7.82 Å². The van der Waals surface area contributed by atoms with Gasteiger partial charge in [-0.05, 0) is 48.6 Å². The number of thioether (sulfide) groups is 1. The molecule has 1 aliphatic heterocycles. The molecule has 228 valence electrons. The average Bonchev–Trinajstić information content (AvgIpc) is 3.45. The Hall–Kier alpha value is -2.08. The number of hydrogen-bond donors (Lipinski definition) is 1. The SMILES string of the molecule is CCCCCCCCCCCCCCCCOc1cccc(OP(=O)(O)Oc2cccc(CN3C=CSC3)c2)c1C. The van der Waals surface area contributed by atoms with Gasteiger partial charge in [-0.25, -0.2) is 4.57 Å². The average molecular weight is 604 g/mol. The fourth-order valence-corrected chi connectivity index (χ4v) is 6.53. The summed E-state index contributed by atoms with van der Waals surface area (Å²) in [5.74, 6) is 2.14. The van der Waals surface area contributed by atoms with Crippen LogP contribution in [0, 0.1) is 6.92 Å². The van der Waals surface area contributed by atoms with Crippen molar-refractivity contribution in [2.75, 3.05) is 12.5 Å². The third-order valence-electron chi connectivity index (χ3n) is 7.32. The Morgan fingerprint density at radius 1 is 0.829 bits per heavy atom. The van der Waals surface area contributed by atoms with Gasteiger partial charge in [-0.3, -0.25) is 4.89 Å². The first-order chi connectivity index (χ1) is 20.0. The number of hydrogen-bond acceptors (Lipinski definition) is 6. The lowest BCUT2D eigenvalue weighted by atomic mass is 10.0. The number of phosphoric ester groups is 1. The van der Waals surface area contributed by atoms with E-state index in [4.69, 9.17) is 13.8 Å². The van der Waals surface area contributed by atoms with Crippen molar-refractivity contribution in [3.05, 3.63) is 65.2 Å². The summed E-state index contributed by atoms with van der Waals surface area (Å²) < 4.78 is 29.7. The number of benzene rings is 2. The van der Waals surface area contributed by atoms with E-state index in [1.807, 2.05) is 31.3 Å². The van der Waals surface area contributed by atoms with Crippen molar-refractivity contribution in [3.63, 3.8) is 0 Å². The minimum Gasteiger partial charge on any atom is -0.493 e. The van der Waals surface area contributed by atoms with Crippen LogP contribution in [0.15, 0.2) is 54.1 Å². The molecule has 41 heavy (non-hydrogen) atoms. The van der Waals surface area contributed by atoms with Gasteiger partial charge in [0, 0.05) is 18.3 Å². The fraction of sp³-hybridized carbons (Fsp3) is 0.576. The number of phosphoric acid groups is 1. The highest BCUT2D eigenvalue weighted by atomic mass is 32.2. The summed E-state index contributed by atoms with van der Waals surface area (Å²) in [5.41, 5.74) is 1.67. The molecule has 1 aliphatic rings. The second-order valence-corrected chi connectivity index (χ2v) is 13.1. The fourth-order valence-electron chi connectivity index (χ4n) is 4.95. The summed E-state index contributed by atoms with van der Waals surface area (Å²) in [6, 6.07) is 12.5. The van der Waals surface area contributed by atoms with Crippen LogP contribution in [0.3, 0.4) is 0 Å². The van der Waals surface area contributed by atoms with E-state index >= 15 is 0 Å². The Kier molecular flexibility index (Phi) is 15.6. The van der Waals surface area contributed by atoms with Gasteiger partial charge >= 0.3 is 7.82 Å². The first-order valence-corrected chi connectivity index (χ1v) is 18.1. The third kappa shape index (κ3) is 13.6. The molecule has 1 heterocycles. The quantitative estimate of drug-likeness (QED) is 0.106. The topological polar surface area (TPSA) is 68.2 Å². The molecule has 2 aromatic carbocycles. The van der Waals surface area contributed by atoms with Gasteiger partial charge in [0.05, 0.1) is 12.5 Å². The lowest BCUT2D eigenvalue weighted by Crippen LogP contribution is -2.12. The van der Waals surface area contributed by atoms with Crippen molar-refractivity contribution in [2.45, 2.75) is 110 Å². The zero-order valence-corrected chi connectivity index (χ0v) is 26.8. The second-order valence-electron chi connectivity index (χ2n) is 11.0. The zero-order valence-electron chi connectivity index (χ0n) is 25.1. The maximum atomic E-state index is 12.8. The Labute approximate surface area is 252 Å². The molecule has 6 nitrogen and oxygen atoms in total. The predicted octanol–water partition coefficient (Wildman–Crippen LogP) is 10.4. The van der Waals surface area contributed by atoms with Crippen LogP contribution in [0.4, 0.5) is 0 Å². The Morgan fingerprint density at radius 2 is 1.44 bits per heavy atom. The number of nitrogens with zero attached hydrogens (tertiary/aromatic N) is 1. The van der Waals surface area contributed by atoms with Crippen LogP contribution >= 0.6 is 19.6 Å². The monoisotopic (exact) mass is 603 g/mol. The molecule has 0 bridgehead atoms. The normalized spacial score (nSPS) is 14.3. The molecule has 0 saturated carbocycles. The van der Waals surface area contributed by atoms with E-state index in [1.54, 1.807) is 36.0 Å². The molecule has 0 amide bonds. The molecule has 0 fully saturated rings. The molecule has 1 unspecified atom stereocenters. The molecule has 0 aromatic heterocycles. The first-order valence-electron chi connectivity index (χ1n) is 15.5. The minimum atomic E-state index is -4.39. The van der Waals surface area contributed by atoms with Crippen LogP contribution in [-0.4, -0.2) is 22.3 Å². The van der Waals surface area contributed by atoms with Gasteiger partial charge in [-0.2, -0.15) is 0 Å². The number of ether oxygens (including phenoxy) is 1. The maximum absolute atomic E-state index is 12.8. The Morgan fingerprint density at radius 3 is 2.07 bits per heavy atom. The highest BCUT2D eigenvalue weighted by Crippen LogP contribution is 2.46. The van der Waals surface area contributed by atoms with E-state index in [0.717, 1.165) is 24.3 Å². The molecular weight excluding hydrogens is 553 g/mol. The zero-order chi connectivity index (χ0) is 29.2. The van der Waals surface area contributed by atoms with E-state index in [0.29, 0.717) is 30.2 Å². The Balaban J connectivity index is 1.31. The molecule has 0 aliphatic carbocycles. The van der Waals surface area contributed by atoms with Gasteiger partial charge in [-0.1, -0.05) is 109 Å². The molecule has 8 heteroatoms. The summed E-state index contributed by atoms with van der Waals surface area (Å²) in [4.78, 5) is 12.6. The summed E-state index contributed by atoms with van der Waals surface area (Å²) in [6.45, 7) is 5.42. The molecule has 1 atom stereocenters. The van der Waals surface area contributed by atoms with Crippen LogP contribution in [0.2, 0.25) is 0 Å². The molecule has 3 rings (SSSR count). The summed E-state index contributed by atoms with van der Waals surface area (Å²) >= 11 is 1.73. The van der Waals surface area contributed by atoms with Gasteiger partial charge in [0.15, 0.2) is 0 Å². The van der Waals surface area contributed by atoms with Crippen molar-refractivity contribution >= 4 is 19.6 Å². The lowest BCUT2D eigenvalue weighted by Gasteiger charge is -2.18. The van der Waals surface area contributed by atoms with Crippen molar-refractivity contribution in [1.29, 1.82) is 0 Å². The number of unbranched alkanes of at least 4 members (excludes halogenated alkanes) is 13. The van der Waals surface area contributed by atoms with E-state index in [-0.39, 0.29) is 5.75 Å². The largest absolute Gasteiger partial charge is 0.584 e. The predicted molar refractivity (Wildman–Crippen MR) is 172 cm³/mol. The van der Waals surface area contributed by atoms with Crippen LogP contribution < -0.4 is 13.8 Å². The van der Waals surface area contributed by atoms with Crippen molar-refractivity contribution in [3.8, 4) is 17.2 Å². The molecule has 2 aromatic rings. The minimum absolute atomic E-state index is 0.282. The van der Waals surface area contributed by atoms with Crippen LogP contribution in [0.1, 0.15) is 108 Å².